The third-order valence-corrected chi connectivity index (χ3v) is 2.99. The van der Waals surface area contributed by atoms with Crippen molar-refractivity contribution in [3.63, 3.8) is 0 Å². The van der Waals surface area contributed by atoms with Gasteiger partial charge in [0.25, 0.3) is 0 Å². The molecule has 0 atom stereocenters. The summed E-state index contributed by atoms with van der Waals surface area (Å²) in [4.78, 5) is 22.7. The van der Waals surface area contributed by atoms with Crippen LogP contribution >= 0.6 is 0 Å². The predicted octanol–water partition coefficient (Wildman–Crippen LogP) is 4.26. The van der Waals surface area contributed by atoms with Crippen molar-refractivity contribution in [2.24, 2.45) is 0 Å². The van der Waals surface area contributed by atoms with E-state index in [0.29, 0.717) is 23.0 Å². The second-order valence-electron chi connectivity index (χ2n) is 5.91. The molecule has 0 aromatic heterocycles. The Morgan fingerprint density at radius 2 is 1.73 bits per heavy atom. The summed E-state index contributed by atoms with van der Waals surface area (Å²) < 4.78 is 19.4. The summed E-state index contributed by atoms with van der Waals surface area (Å²) >= 11 is 0. The van der Waals surface area contributed by atoms with E-state index < -0.39 is 17.4 Å². The van der Waals surface area contributed by atoms with Crippen LogP contribution in [-0.2, 0) is 4.74 Å². The highest BCUT2D eigenvalue weighted by molar-refractivity contribution is 5.90. The molecule has 3 nitrogen and oxygen atoms in total. The van der Waals surface area contributed by atoms with Crippen molar-refractivity contribution in [2.75, 3.05) is 0 Å². The molecule has 2 aromatic carbocycles. The van der Waals surface area contributed by atoms with Gasteiger partial charge in [0.2, 0.25) is 0 Å². The van der Waals surface area contributed by atoms with Crippen LogP contribution in [0, 0.1) is 5.82 Å². The lowest BCUT2D eigenvalue weighted by atomic mass is 10.0. The lowest BCUT2D eigenvalue weighted by Gasteiger charge is -2.19. The fraction of sp³-hybridized carbons (Fsp3) is 0.222. The van der Waals surface area contributed by atoms with Crippen LogP contribution in [0.4, 0.5) is 4.39 Å². The fourth-order valence-electron chi connectivity index (χ4n) is 1.99. The van der Waals surface area contributed by atoms with Gasteiger partial charge < -0.3 is 4.74 Å². The van der Waals surface area contributed by atoms with E-state index in [1.807, 2.05) is 0 Å². The lowest BCUT2D eigenvalue weighted by Crippen LogP contribution is -2.23. The number of ether oxygens (including phenoxy) is 1. The number of halogens is 1. The van der Waals surface area contributed by atoms with E-state index in [9.17, 15) is 14.0 Å². The molecule has 2 aromatic rings. The Balaban J connectivity index is 2.30. The zero-order valence-corrected chi connectivity index (χ0v) is 12.7. The van der Waals surface area contributed by atoms with Crippen LogP contribution in [0.5, 0.6) is 0 Å². The monoisotopic (exact) mass is 300 g/mol. The molecule has 22 heavy (non-hydrogen) atoms. The van der Waals surface area contributed by atoms with Crippen molar-refractivity contribution in [1.29, 1.82) is 0 Å². The summed E-state index contributed by atoms with van der Waals surface area (Å²) in [6.45, 7) is 5.37. The summed E-state index contributed by atoms with van der Waals surface area (Å²) in [6.07, 6.45) is 0.480. The molecular formula is C18H17FO3. The molecule has 0 aliphatic carbocycles. The quantitative estimate of drug-likeness (QED) is 0.628. The summed E-state index contributed by atoms with van der Waals surface area (Å²) in [5, 5.41) is 0. The fourth-order valence-corrected chi connectivity index (χ4v) is 1.99. The van der Waals surface area contributed by atoms with Crippen LogP contribution in [0.2, 0.25) is 0 Å². The highest BCUT2D eigenvalue weighted by Crippen LogP contribution is 2.25. The number of rotatable bonds is 3. The number of benzene rings is 2. The minimum Gasteiger partial charge on any atom is -0.456 e. The highest BCUT2D eigenvalue weighted by atomic mass is 19.1. The Bertz CT molecular complexity index is 697. The van der Waals surface area contributed by atoms with Gasteiger partial charge in [0.05, 0.1) is 11.1 Å². The van der Waals surface area contributed by atoms with Gasteiger partial charge in [0.1, 0.15) is 11.4 Å². The van der Waals surface area contributed by atoms with E-state index in [2.05, 4.69) is 0 Å². The molecule has 0 unspecified atom stereocenters. The number of esters is 1. The molecule has 0 amide bonds. The molecular weight excluding hydrogens is 283 g/mol. The Morgan fingerprint density at radius 3 is 2.27 bits per heavy atom. The molecule has 0 spiro atoms. The molecule has 0 aliphatic heterocycles. The van der Waals surface area contributed by atoms with Gasteiger partial charge in [0.15, 0.2) is 6.29 Å². The van der Waals surface area contributed by atoms with Gasteiger partial charge >= 0.3 is 5.97 Å². The standard InChI is InChI=1S/C18H17FO3/c1-18(2,3)22-17(21)13-9-7-12(8-10-13)15-6-4-5-14(11-20)16(15)19/h4-11H,1-3H3. The topological polar surface area (TPSA) is 43.4 Å². The van der Waals surface area contributed by atoms with Crippen LogP contribution in [0.25, 0.3) is 11.1 Å². The molecule has 0 saturated carbocycles. The molecule has 4 heteroatoms. The average molecular weight is 300 g/mol. The van der Waals surface area contributed by atoms with Gasteiger partial charge in [-0.25, -0.2) is 9.18 Å². The smallest absolute Gasteiger partial charge is 0.338 e. The van der Waals surface area contributed by atoms with Crippen LogP contribution in [0.3, 0.4) is 0 Å². The van der Waals surface area contributed by atoms with Crippen LogP contribution in [-0.4, -0.2) is 17.9 Å². The van der Waals surface area contributed by atoms with Crippen molar-refractivity contribution in [1.82, 2.24) is 0 Å². The van der Waals surface area contributed by atoms with Crippen molar-refractivity contribution >= 4 is 12.3 Å². The van der Waals surface area contributed by atoms with Crippen molar-refractivity contribution < 1.29 is 18.7 Å². The third-order valence-electron chi connectivity index (χ3n) is 2.99. The van der Waals surface area contributed by atoms with Gasteiger partial charge in [-0.15, -0.1) is 0 Å². The van der Waals surface area contributed by atoms with Gasteiger partial charge in [-0.2, -0.15) is 0 Å². The van der Waals surface area contributed by atoms with E-state index in [1.165, 1.54) is 6.07 Å². The molecule has 114 valence electrons. The van der Waals surface area contributed by atoms with Crippen LogP contribution < -0.4 is 0 Å². The number of hydrogen-bond acceptors (Lipinski definition) is 3. The van der Waals surface area contributed by atoms with E-state index in [1.54, 1.807) is 57.2 Å². The second kappa shape index (κ2) is 6.10. The summed E-state index contributed by atoms with van der Waals surface area (Å²) in [6, 6.07) is 11.0. The van der Waals surface area contributed by atoms with Gasteiger partial charge in [0, 0.05) is 5.56 Å². The first-order valence-corrected chi connectivity index (χ1v) is 6.89. The van der Waals surface area contributed by atoms with E-state index in [-0.39, 0.29) is 5.56 Å². The first-order chi connectivity index (χ1) is 10.3. The van der Waals surface area contributed by atoms with E-state index in [4.69, 9.17) is 4.74 Å². The molecule has 0 radical (unpaired) electrons. The number of carbonyl (C=O) groups is 2. The van der Waals surface area contributed by atoms with E-state index >= 15 is 0 Å². The number of carbonyl (C=O) groups excluding carboxylic acids is 2. The normalized spacial score (nSPS) is 11.1. The largest absolute Gasteiger partial charge is 0.456 e. The third kappa shape index (κ3) is 3.58. The number of hydrogen-bond donors (Lipinski definition) is 0. The van der Waals surface area contributed by atoms with Gasteiger partial charge in [-0.3, -0.25) is 4.79 Å². The molecule has 0 aliphatic rings. The van der Waals surface area contributed by atoms with Crippen molar-refractivity contribution in [3.8, 4) is 11.1 Å². The minimum absolute atomic E-state index is 0.00807. The number of aldehydes is 1. The average Bonchev–Trinajstić information content (AvgIpc) is 2.46. The van der Waals surface area contributed by atoms with E-state index in [0.717, 1.165) is 0 Å². The van der Waals surface area contributed by atoms with Gasteiger partial charge in [-0.05, 0) is 44.5 Å². The highest BCUT2D eigenvalue weighted by Gasteiger charge is 2.18. The maximum absolute atomic E-state index is 14.1. The van der Waals surface area contributed by atoms with Crippen LogP contribution in [0.15, 0.2) is 42.5 Å². The second-order valence-corrected chi connectivity index (χ2v) is 5.91. The van der Waals surface area contributed by atoms with Gasteiger partial charge in [-0.1, -0.05) is 24.3 Å². The zero-order chi connectivity index (χ0) is 16.3. The van der Waals surface area contributed by atoms with Crippen molar-refractivity contribution in [2.45, 2.75) is 26.4 Å². The molecule has 0 saturated heterocycles. The Labute approximate surface area is 128 Å². The van der Waals surface area contributed by atoms with Crippen LogP contribution in [0.1, 0.15) is 41.5 Å². The molecule has 2 rings (SSSR count). The first kappa shape index (κ1) is 15.9. The molecule has 0 bridgehead atoms. The van der Waals surface area contributed by atoms with Crippen molar-refractivity contribution in [3.05, 3.63) is 59.4 Å². The predicted molar refractivity (Wildman–Crippen MR) is 82.4 cm³/mol. The maximum Gasteiger partial charge on any atom is 0.338 e. The Kier molecular flexibility index (Phi) is 4.40. The maximum atomic E-state index is 14.1. The minimum atomic E-state index is -0.569. The Hall–Kier alpha value is -2.49. The molecule has 0 fully saturated rings. The first-order valence-electron chi connectivity index (χ1n) is 6.89. The lowest BCUT2D eigenvalue weighted by molar-refractivity contribution is 0.00695. The summed E-state index contributed by atoms with van der Waals surface area (Å²) in [7, 11) is 0. The Morgan fingerprint density at radius 1 is 1.09 bits per heavy atom. The zero-order valence-electron chi connectivity index (χ0n) is 12.7. The molecule has 0 N–H and O–H groups in total. The molecule has 0 heterocycles. The SMILES string of the molecule is CC(C)(C)OC(=O)c1ccc(-c2cccc(C=O)c2F)cc1. The summed E-state index contributed by atoms with van der Waals surface area (Å²) in [5.41, 5.74) is 0.744. The summed E-state index contributed by atoms with van der Waals surface area (Å²) in [5.74, 6) is -0.997.